The van der Waals surface area contributed by atoms with Crippen molar-refractivity contribution in [3.8, 4) is 17.0 Å². The van der Waals surface area contributed by atoms with Crippen molar-refractivity contribution in [2.75, 3.05) is 0 Å². The minimum Gasteiger partial charge on any atom is -0.507 e. The fourth-order valence-corrected chi connectivity index (χ4v) is 2.25. The van der Waals surface area contributed by atoms with Crippen LogP contribution in [-0.2, 0) is 6.61 Å². The Balaban J connectivity index is 2.54. The lowest BCUT2D eigenvalue weighted by Crippen LogP contribution is -1.83. The van der Waals surface area contributed by atoms with Crippen LogP contribution in [0, 0.1) is 6.92 Å². The molecule has 2 N–H and O–H groups in total. The SMILES string of the molecule is Cc1sc(CO)nc1-c1ccccc1O. The molecule has 15 heavy (non-hydrogen) atoms. The summed E-state index contributed by atoms with van der Waals surface area (Å²) in [6.45, 7) is 1.87. The van der Waals surface area contributed by atoms with Gasteiger partial charge in [-0.05, 0) is 19.1 Å². The predicted molar refractivity (Wildman–Crippen MR) is 59.9 cm³/mol. The quantitative estimate of drug-likeness (QED) is 0.818. The molecule has 0 saturated carbocycles. The summed E-state index contributed by atoms with van der Waals surface area (Å²) in [5.41, 5.74) is 1.47. The zero-order valence-electron chi connectivity index (χ0n) is 8.27. The fraction of sp³-hybridized carbons (Fsp3) is 0.182. The Labute approximate surface area is 91.7 Å². The minimum absolute atomic E-state index is 0.0564. The van der Waals surface area contributed by atoms with E-state index >= 15 is 0 Å². The van der Waals surface area contributed by atoms with Crippen LogP contribution in [0.5, 0.6) is 5.75 Å². The molecule has 0 saturated heterocycles. The van der Waals surface area contributed by atoms with Crippen molar-refractivity contribution in [3.63, 3.8) is 0 Å². The lowest BCUT2D eigenvalue weighted by atomic mass is 10.1. The lowest BCUT2D eigenvalue weighted by Gasteiger charge is -2.01. The van der Waals surface area contributed by atoms with Gasteiger partial charge >= 0.3 is 0 Å². The number of benzene rings is 1. The molecule has 0 atom stereocenters. The molecular formula is C11H11NO2S. The molecule has 0 bridgehead atoms. The summed E-state index contributed by atoms with van der Waals surface area (Å²) in [7, 11) is 0. The van der Waals surface area contributed by atoms with Gasteiger partial charge in [0, 0.05) is 10.4 Å². The van der Waals surface area contributed by atoms with Gasteiger partial charge in [0.1, 0.15) is 10.8 Å². The average Bonchev–Trinajstić information content (AvgIpc) is 2.60. The standard InChI is InChI=1S/C11H11NO2S/c1-7-11(12-10(6-13)15-7)8-4-2-3-5-9(8)14/h2-5,13-14H,6H2,1H3. The number of hydrogen-bond acceptors (Lipinski definition) is 4. The van der Waals surface area contributed by atoms with Gasteiger partial charge in [0.05, 0.1) is 12.3 Å². The van der Waals surface area contributed by atoms with E-state index < -0.39 is 0 Å². The van der Waals surface area contributed by atoms with Gasteiger partial charge < -0.3 is 10.2 Å². The molecule has 4 heteroatoms. The first kappa shape index (κ1) is 10.1. The lowest BCUT2D eigenvalue weighted by molar-refractivity contribution is 0.281. The summed E-state index contributed by atoms with van der Waals surface area (Å²) in [5.74, 6) is 0.218. The van der Waals surface area contributed by atoms with Gasteiger partial charge in [-0.15, -0.1) is 11.3 Å². The number of para-hydroxylation sites is 1. The third-order valence-corrected chi connectivity index (χ3v) is 3.09. The van der Waals surface area contributed by atoms with Crippen LogP contribution in [0.2, 0.25) is 0 Å². The van der Waals surface area contributed by atoms with Gasteiger partial charge in [-0.3, -0.25) is 0 Å². The van der Waals surface area contributed by atoms with Crippen LogP contribution in [0.1, 0.15) is 9.88 Å². The second-order valence-corrected chi connectivity index (χ2v) is 4.48. The predicted octanol–water partition coefficient (Wildman–Crippen LogP) is 2.32. The van der Waals surface area contributed by atoms with Crippen molar-refractivity contribution in [2.24, 2.45) is 0 Å². The van der Waals surface area contributed by atoms with E-state index in [-0.39, 0.29) is 12.4 Å². The zero-order chi connectivity index (χ0) is 10.8. The summed E-state index contributed by atoms with van der Waals surface area (Å²) in [4.78, 5) is 5.27. The first-order valence-corrected chi connectivity index (χ1v) is 5.39. The second kappa shape index (κ2) is 4.00. The van der Waals surface area contributed by atoms with E-state index in [1.54, 1.807) is 12.1 Å². The summed E-state index contributed by atoms with van der Waals surface area (Å²) in [5, 5.41) is 19.3. The number of aryl methyl sites for hydroxylation is 1. The molecule has 0 spiro atoms. The topological polar surface area (TPSA) is 53.4 Å². The maximum absolute atomic E-state index is 9.67. The smallest absolute Gasteiger partial charge is 0.125 e. The number of aromatic hydroxyl groups is 1. The van der Waals surface area contributed by atoms with E-state index in [4.69, 9.17) is 5.11 Å². The molecule has 1 heterocycles. The Hall–Kier alpha value is -1.39. The van der Waals surface area contributed by atoms with E-state index in [1.165, 1.54) is 11.3 Å². The van der Waals surface area contributed by atoms with Crippen LogP contribution in [-0.4, -0.2) is 15.2 Å². The number of nitrogens with zero attached hydrogens (tertiary/aromatic N) is 1. The van der Waals surface area contributed by atoms with E-state index in [0.717, 1.165) is 10.6 Å². The first-order chi connectivity index (χ1) is 7.22. The number of phenols is 1. The fourth-order valence-electron chi connectivity index (χ4n) is 1.44. The number of rotatable bonds is 2. The maximum Gasteiger partial charge on any atom is 0.125 e. The summed E-state index contributed by atoms with van der Waals surface area (Å²) < 4.78 is 0. The molecule has 3 nitrogen and oxygen atoms in total. The molecule has 0 unspecified atom stereocenters. The molecule has 1 aromatic heterocycles. The van der Waals surface area contributed by atoms with Gasteiger partial charge in [0.25, 0.3) is 0 Å². The third kappa shape index (κ3) is 1.86. The molecular weight excluding hydrogens is 210 g/mol. The van der Waals surface area contributed by atoms with Crippen molar-refractivity contribution in [1.82, 2.24) is 4.98 Å². The first-order valence-electron chi connectivity index (χ1n) is 4.58. The normalized spacial score (nSPS) is 10.5. The number of thiazole rings is 1. The molecule has 1 aromatic carbocycles. The van der Waals surface area contributed by atoms with Crippen LogP contribution in [0.3, 0.4) is 0 Å². The second-order valence-electron chi connectivity index (χ2n) is 3.19. The van der Waals surface area contributed by atoms with Crippen LogP contribution in [0.4, 0.5) is 0 Å². The highest BCUT2D eigenvalue weighted by Crippen LogP contribution is 2.33. The Bertz CT molecular complexity index is 479. The number of aromatic nitrogens is 1. The van der Waals surface area contributed by atoms with E-state index in [2.05, 4.69) is 4.98 Å². The Morgan fingerprint density at radius 3 is 2.67 bits per heavy atom. The average molecular weight is 221 g/mol. The highest BCUT2D eigenvalue weighted by atomic mass is 32.1. The number of aliphatic hydroxyl groups excluding tert-OH is 1. The van der Waals surface area contributed by atoms with Gasteiger partial charge in [-0.25, -0.2) is 4.98 Å². The van der Waals surface area contributed by atoms with Crippen LogP contribution in [0.25, 0.3) is 11.3 Å². The summed E-state index contributed by atoms with van der Waals surface area (Å²) in [6.07, 6.45) is 0. The number of hydrogen-bond donors (Lipinski definition) is 2. The van der Waals surface area contributed by atoms with Gasteiger partial charge in [-0.1, -0.05) is 12.1 Å². The Kier molecular flexibility index (Phi) is 2.70. The molecule has 2 rings (SSSR count). The van der Waals surface area contributed by atoms with Crippen LogP contribution >= 0.6 is 11.3 Å². The summed E-state index contributed by atoms with van der Waals surface area (Å²) >= 11 is 1.45. The van der Waals surface area contributed by atoms with Crippen molar-refractivity contribution in [1.29, 1.82) is 0 Å². The number of phenolic OH excluding ortho intramolecular Hbond substituents is 1. The van der Waals surface area contributed by atoms with Gasteiger partial charge in [0.2, 0.25) is 0 Å². The third-order valence-electron chi connectivity index (χ3n) is 2.14. The molecule has 0 aliphatic rings. The largest absolute Gasteiger partial charge is 0.507 e. The monoisotopic (exact) mass is 221 g/mol. The minimum atomic E-state index is -0.0564. The van der Waals surface area contributed by atoms with E-state index in [1.807, 2.05) is 19.1 Å². The highest BCUT2D eigenvalue weighted by molar-refractivity contribution is 7.12. The van der Waals surface area contributed by atoms with Crippen molar-refractivity contribution >= 4 is 11.3 Å². The molecule has 78 valence electrons. The molecule has 2 aromatic rings. The van der Waals surface area contributed by atoms with Crippen molar-refractivity contribution < 1.29 is 10.2 Å². The Morgan fingerprint density at radius 1 is 1.33 bits per heavy atom. The highest BCUT2D eigenvalue weighted by Gasteiger charge is 2.11. The molecule has 0 fully saturated rings. The van der Waals surface area contributed by atoms with E-state index in [0.29, 0.717) is 10.6 Å². The zero-order valence-corrected chi connectivity index (χ0v) is 9.08. The van der Waals surface area contributed by atoms with Gasteiger partial charge in [0.15, 0.2) is 0 Å². The number of aliphatic hydroxyl groups is 1. The van der Waals surface area contributed by atoms with Gasteiger partial charge in [-0.2, -0.15) is 0 Å². The van der Waals surface area contributed by atoms with Crippen LogP contribution < -0.4 is 0 Å². The molecule has 0 radical (unpaired) electrons. The van der Waals surface area contributed by atoms with Crippen molar-refractivity contribution in [3.05, 3.63) is 34.2 Å². The molecule has 0 amide bonds. The molecule has 0 aliphatic carbocycles. The van der Waals surface area contributed by atoms with E-state index in [9.17, 15) is 5.11 Å². The molecule has 0 aliphatic heterocycles. The van der Waals surface area contributed by atoms with Crippen molar-refractivity contribution in [2.45, 2.75) is 13.5 Å². The Morgan fingerprint density at radius 2 is 2.07 bits per heavy atom. The maximum atomic E-state index is 9.67. The summed E-state index contributed by atoms with van der Waals surface area (Å²) in [6, 6.07) is 7.07. The van der Waals surface area contributed by atoms with Crippen LogP contribution in [0.15, 0.2) is 24.3 Å².